The molecule has 0 N–H and O–H groups in total. The quantitative estimate of drug-likeness (QED) is 0.168. The molecule has 276 valence electrons. The fraction of sp³-hybridized carbons (Fsp3) is 0. The SMILES string of the molecule is [2H]c1c([2H])c(-c2ccc3c(c2)c2ccccc2n3-c2ccccc2)c([2H])c(N(c2c([2H])c([2H])c(-c3c([2H])c([2H])c4c([2H])c([2H])c([2H])c([2H])c4c3[2H])c([2H])c2[2H])c2cccc3oc4c5ccccc5ccc4c23)c1[2H]. The molecule has 59 heavy (non-hydrogen) atoms. The summed E-state index contributed by atoms with van der Waals surface area (Å²) in [7, 11) is 0. The highest BCUT2D eigenvalue weighted by Crippen LogP contribution is 2.45. The van der Waals surface area contributed by atoms with Crippen molar-refractivity contribution in [1.29, 1.82) is 0 Å². The van der Waals surface area contributed by atoms with Gasteiger partial charge in [0.2, 0.25) is 0 Å². The van der Waals surface area contributed by atoms with E-state index in [1.807, 2.05) is 103 Å². The predicted molar refractivity (Wildman–Crippen MR) is 249 cm³/mol. The van der Waals surface area contributed by atoms with E-state index in [0.29, 0.717) is 27.5 Å². The van der Waals surface area contributed by atoms with Crippen molar-refractivity contribution >= 4 is 82.4 Å². The maximum Gasteiger partial charge on any atom is 0.143 e. The summed E-state index contributed by atoms with van der Waals surface area (Å²) in [5.41, 5.74) is 1.87. The smallest absolute Gasteiger partial charge is 0.143 e. The van der Waals surface area contributed by atoms with Crippen LogP contribution < -0.4 is 4.90 Å². The number of aromatic nitrogens is 1. The van der Waals surface area contributed by atoms with E-state index in [0.717, 1.165) is 38.3 Å². The first-order valence-corrected chi connectivity index (χ1v) is 19.0. The highest BCUT2D eigenvalue weighted by molar-refractivity contribution is 6.19. The Kier molecular flexibility index (Phi) is 4.89. The molecule has 0 atom stereocenters. The zero-order valence-electron chi connectivity index (χ0n) is 45.9. The molecule has 3 nitrogen and oxygen atoms in total. The number of benzene rings is 10. The molecule has 12 aromatic rings. The Balaban J connectivity index is 1.17. The molecule has 0 radical (unpaired) electrons. The maximum atomic E-state index is 10.2. The number of para-hydroxylation sites is 2. The average Bonchev–Trinajstić information content (AvgIpc) is 3.97. The molecule has 0 bridgehead atoms. The van der Waals surface area contributed by atoms with Gasteiger partial charge in [-0.2, -0.15) is 0 Å². The Labute approximate surface area is 362 Å². The Morgan fingerprint density at radius 2 is 1.20 bits per heavy atom. The van der Waals surface area contributed by atoms with E-state index in [2.05, 4.69) is 4.57 Å². The molecule has 0 saturated heterocycles. The molecule has 3 heteroatoms. The number of fused-ring (bicyclic) bond motifs is 9. The van der Waals surface area contributed by atoms with Gasteiger partial charge in [0.05, 0.1) is 42.7 Å². The molecule has 2 aromatic heterocycles. The van der Waals surface area contributed by atoms with Crippen molar-refractivity contribution in [3.8, 4) is 27.9 Å². The molecule has 0 amide bonds. The Bertz CT molecular complexity index is 4430. The Morgan fingerprint density at radius 3 is 2.10 bits per heavy atom. The van der Waals surface area contributed by atoms with E-state index in [1.54, 1.807) is 24.3 Å². The maximum absolute atomic E-state index is 10.2. The second-order valence-corrected chi connectivity index (χ2v) is 14.1. The normalized spacial score (nSPS) is 15.3. The first-order valence-electron chi connectivity index (χ1n) is 26.5. The molecule has 0 aliphatic carbocycles. The number of furan rings is 1. The topological polar surface area (TPSA) is 21.3 Å². The van der Waals surface area contributed by atoms with Gasteiger partial charge in [-0.25, -0.2) is 0 Å². The van der Waals surface area contributed by atoms with Crippen LogP contribution in [0.3, 0.4) is 0 Å². The van der Waals surface area contributed by atoms with Gasteiger partial charge >= 0.3 is 0 Å². The zero-order chi connectivity index (χ0) is 51.9. The molecule has 12 rings (SSSR count). The van der Waals surface area contributed by atoms with Crippen LogP contribution in [-0.4, -0.2) is 4.57 Å². The van der Waals surface area contributed by atoms with Crippen molar-refractivity contribution < 1.29 is 25.0 Å². The number of hydrogen-bond acceptors (Lipinski definition) is 2. The van der Waals surface area contributed by atoms with Gasteiger partial charge in [0.1, 0.15) is 11.2 Å². The summed E-state index contributed by atoms with van der Waals surface area (Å²) in [6.45, 7) is 0. The summed E-state index contributed by atoms with van der Waals surface area (Å²) in [5.74, 6) is 0. The molecule has 0 aliphatic heterocycles. The first kappa shape index (κ1) is 21.6. The van der Waals surface area contributed by atoms with Crippen molar-refractivity contribution in [2.24, 2.45) is 0 Å². The molecule has 2 heterocycles. The lowest BCUT2D eigenvalue weighted by atomic mass is 9.99. The zero-order valence-corrected chi connectivity index (χ0v) is 30.9. The molecule has 0 saturated carbocycles. The number of nitrogens with zero attached hydrogens (tertiary/aromatic N) is 2. The fourth-order valence-corrected chi connectivity index (χ4v) is 8.10. The van der Waals surface area contributed by atoms with E-state index in [4.69, 9.17) is 12.6 Å². The second-order valence-electron chi connectivity index (χ2n) is 14.1. The third-order valence-corrected chi connectivity index (χ3v) is 10.8. The van der Waals surface area contributed by atoms with E-state index in [1.165, 1.54) is 4.90 Å². The molecule has 0 spiro atoms. The number of rotatable bonds is 6. The van der Waals surface area contributed by atoms with Crippen LogP contribution in [0.4, 0.5) is 17.1 Å². The molecule has 0 unspecified atom stereocenters. The van der Waals surface area contributed by atoms with Crippen LogP contribution in [0.25, 0.3) is 93.2 Å². The highest BCUT2D eigenvalue weighted by atomic mass is 16.3. The van der Waals surface area contributed by atoms with Crippen molar-refractivity contribution in [1.82, 2.24) is 4.57 Å². The lowest BCUT2D eigenvalue weighted by molar-refractivity contribution is 0.672. The van der Waals surface area contributed by atoms with Crippen molar-refractivity contribution in [3.63, 3.8) is 0 Å². The molecule has 10 aromatic carbocycles. The Morgan fingerprint density at radius 1 is 0.441 bits per heavy atom. The van der Waals surface area contributed by atoms with Crippen LogP contribution in [0.5, 0.6) is 0 Å². The fourth-order valence-electron chi connectivity index (χ4n) is 8.10. The molecular formula is C56H36N2O. The number of anilines is 3. The van der Waals surface area contributed by atoms with E-state index in [9.17, 15) is 12.3 Å². The summed E-state index contributed by atoms with van der Waals surface area (Å²) < 4.78 is 147. The summed E-state index contributed by atoms with van der Waals surface area (Å²) in [5, 5.41) is 3.40. The largest absolute Gasteiger partial charge is 0.455 e. The van der Waals surface area contributed by atoms with Crippen molar-refractivity contribution in [2.75, 3.05) is 4.90 Å². The van der Waals surface area contributed by atoms with Crippen LogP contribution in [0.15, 0.2) is 222 Å². The summed E-state index contributed by atoms with van der Waals surface area (Å²) in [6, 6.07) is 29.2. The summed E-state index contributed by atoms with van der Waals surface area (Å²) in [4.78, 5) is 1.22. The Hall–Kier alpha value is -7.88. The van der Waals surface area contributed by atoms with Crippen molar-refractivity contribution in [2.45, 2.75) is 0 Å². The third-order valence-electron chi connectivity index (χ3n) is 10.8. The molecular weight excluding hydrogens is 717 g/mol. The van der Waals surface area contributed by atoms with Crippen LogP contribution in [0.1, 0.15) is 20.6 Å². The van der Waals surface area contributed by atoms with Gasteiger partial charge in [-0.05, 0) is 117 Å². The van der Waals surface area contributed by atoms with Gasteiger partial charge in [-0.3, -0.25) is 0 Å². The van der Waals surface area contributed by atoms with Crippen LogP contribution in [0, 0.1) is 0 Å². The molecule has 0 fully saturated rings. The van der Waals surface area contributed by atoms with Crippen molar-refractivity contribution in [3.05, 3.63) is 218 Å². The van der Waals surface area contributed by atoms with E-state index < -0.39 is 118 Å². The van der Waals surface area contributed by atoms with Gasteiger partial charge in [-0.15, -0.1) is 0 Å². The van der Waals surface area contributed by atoms with Gasteiger partial charge in [0.15, 0.2) is 0 Å². The van der Waals surface area contributed by atoms with Crippen LogP contribution in [-0.2, 0) is 0 Å². The van der Waals surface area contributed by atoms with Crippen LogP contribution in [0.2, 0.25) is 0 Å². The van der Waals surface area contributed by atoms with Gasteiger partial charge in [-0.1, -0.05) is 139 Å². The average molecular weight is 768 g/mol. The van der Waals surface area contributed by atoms with Gasteiger partial charge in [0.25, 0.3) is 0 Å². The third kappa shape index (κ3) is 5.44. The molecule has 0 aliphatic rings. The minimum Gasteiger partial charge on any atom is -0.455 e. The highest BCUT2D eigenvalue weighted by Gasteiger charge is 2.21. The van der Waals surface area contributed by atoms with Gasteiger partial charge in [0, 0.05) is 38.6 Å². The lowest BCUT2D eigenvalue weighted by Gasteiger charge is -2.27. The van der Waals surface area contributed by atoms with Gasteiger partial charge < -0.3 is 13.9 Å². The van der Waals surface area contributed by atoms with E-state index >= 15 is 0 Å². The number of hydrogen-bond donors (Lipinski definition) is 0. The predicted octanol–water partition coefficient (Wildman–Crippen LogP) is 15.8. The summed E-state index contributed by atoms with van der Waals surface area (Å²) in [6.07, 6.45) is 0. The summed E-state index contributed by atoms with van der Waals surface area (Å²) >= 11 is 0. The van der Waals surface area contributed by atoms with Crippen LogP contribution >= 0.6 is 0 Å². The standard InChI is InChI=1S/C56H36N2O/c1-2-16-44(17-3-1)58-51-21-9-8-20-48(51)50-36-43(29-33-52(50)58)41-15-10-18-46(35-41)57(45-30-26-38(27-31-45)42-25-24-37-12-4-5-14-40(37)34-42)53-22-11-23-54-55(53)49-32-28-39-13-6-7-19-47(39)56(49)59-54/h1-36H/i4D,5D,10D,12D,14D,15D,18D,24D,25D,26D,27D,30D,31D,34D,35D. The minimum absolute atomic E-state index is 0.0482. The first-order chi connectivity index (χ1) is 35.5. The second kappa shape index (κ2) is 13.4. The van der Waals surface area contributed by atoms with E-state index in [-0.39, 0.29) is 16.9 Å². The minimum atomic E-state index is -0.801. The lowest BCUT2D eigenvalue weighted by Crippen LogP contribution is -2.10. The monoisotopic (exact) mass is 767 g/mol.